The lowest BCUT2D eigenvalue weighted by molar-refractivity contribution is -0.287. The van der Waals surface area contributed by atoms with Crippen LogP contribution in [0.4, 0.5) is 12.9 Å². The summed E-state index contributed by atoms with van der Waals surface area (Å²) in [6.07, 6.45) is 6.26. The maximum absolute atomic E-state index is 10.3. The normalized spacial score (nSPS) is 14.7. The second kappa shape index (κ2) is 26.3. The van der Waals surface area contributed by atoms with Crippen molar-refractivity contribution in [2.24, 2.45) is 0 Å². The van der Waals surface area contributed by atoms with Crippen molar-refractivity contribution < 1.29 is 33.7 Å². The molecule has 2 aromatic carbocycles. The fourth-order valence-electron chi connectivity index (χ4n) is 3.07. The minimum atomic E-state index is -3.67. The number of benzene rings is 2. The Bertz CT molecular complexity index is 924. The molecule has 3 atom stereocenters. The van der Waals surface area contributed by atoms with Crippen LogP contribution in [0.1, 0.15) is 72.4 Å². The highest BCUT2D eigenvalue weighted by Crippen LogP contribution is 2.28. The summed E-state index contributed by atoms with van der Waals surface area (Å²) in [6, 6.07) is 20.4. The molecule has 0 spiro atoms. The minimum absolute atomic E-state index is 0. The second-order valence-corrected chi connectivity index (χ2v) is 8.77. The molecule has 0 saturated carbocycles. The van der Waals surface area contributed by atoms with Gasteiger partial charge in [0, 0.05) is 13.3 Å². The molecule has 0 saturated heterocycles. The van der Waals surface area contributed by atoms with Crippen molar-refractivity contribution in [2.45, 2.75) is 65.9 Å². The monoisotopic (exact) mass is 565 g/mol. The number of halogens is 3. The Morgan fingerprint density at radius 2 is 1.45 bits per heavy atom. The molecule has 3 rings (SSSR count). The molecule has 40 heavy (non-hydrogen) atoms. The lowest BCUT2D eigenvalue weighted by atomic mass is 9.90. The highest BCUT2D eigenvalue weighted by atomic mass is 19.4. The van der Waals surface area contributed by atoms with Crippen molar-refractivity contribution in [3.05, 3.63) is 108 Å². The third-order valence-corrected chi connectivity index (χ3v) is 5.35. The van der Waals surface area contributed by atoms with E-state index in [-0.39, 0.29) is 7.34 Å². The molecule has 2 aromatic rings. The van der Waals surface area contributed by atoms with Crippen LogP contribution in [0.2, 0.25) is 0 Å². The first-order chi connectivity index (χ1) is 19.0. The number of carbonyl (C=O) groups is 1. The van der Waals surface area contributed by atoms with E-state index < -0.39 is 7.54 Å². The molecule has 4 nitrogen and oxygen atoms in total. The van der Waals surface area contributed by atoms with Crippen LogP contribution in [0.3, 0.4) is 0 Å². The van der Waals surface area contributed by atoms with Crippen molar-refractivity contribution in [1.29, 1.82) is 0 Å². The largest absolute Gasteiger partial charge is 0.762 e. The molecule has 1 aliphatic heterocycles. The Morgan fingerprint density at radius 3 is 1.80 bits per heavy atom. The summed E-state index contributed by atoms with van der Waals surface area (Å²) < 4.78 is 34.8. The maximum Gasteiger partial charge on any atom is 0.762 e. The summed E-state index contributed by atoms with van der Waals surface area (Å²) in [6.45, 7) is 21.1. The van der Waals surface area contributed by atoms with Gasteiger partial charge in [-0.15, -0.1) is 0 Å². The Labute approximate surface area is 241 Å². The number of rotatable bonds is 8. The average Bonchev–Trinajstić information content (AvgIpc) is 2.97. The third kappa shape index (κ3) is 23.0. The van der Waals surface area contributed by atoms with Gasteiger partial charge in [-0.1, -0.05) is 111 Å². The summed E-state index contributed by atoms with van der Waals surface area (Å²) in [5.41, 5.74) is 4.92. The van der Waals surface area contributed by atoms with E-state index in [1.807, 2.05) is 58.0 Å². The predicted octanol–water partition coefficient (Wildman–Crippen LogP) is 9.36. The molecule has 3 unspecified atom stereocenters. The molecule has 0 N–H and O–H groups in total. The number of ether oxygens (including phenoxy) is 1. The lowest BCUT2D eigenvalue weighted by Gasteiger charge is -2.27. The fraction of sp³-hybridized carbons (Fsp3) is 0.406. The zero-order chi connectivity index (χ0) is 30.8. The van der Waals surface area contributed by atoms with Gasteiger partial charge in [0.05, 0.1) is 25.9 Å². The van der Waals surface area contributed by atoms with Crippen LogP contribution in [-0.2, 0) is 19.3 Å². The van der Waals surface area contributed by atoms with Crippen molar-refractivity contribution in [2.75, 3.05) is 19.8 Å². The Hall–Kier alpha value is -2.94. The molecule has 0 fully saturated rings. The second-order valence-electron chi connectivity index (χ2n) is 8.77. The fourth-order valence-corrected chi connectivity index (χ4v) is 3.07. The smallest absolute Gasteiger partial charge is 0.373 e. The number of hydrogen-bond acceptors (Lipinski definition) is 4. The summed E-state index contributed by atoms with van der Waals surface area (Å²) in [4.78, 5) is 19.3. The number of hydrogen-bond donors (Lipinski definition) is 0. The van der Waals surface area contributed by atoms with Crippen LogP contribution in [0, 0.1) is 0 Å². The van der Waals surface area contributed by atoms with Gasteiger partial charge in [0.15, 0.2) is 0 Å². The van der Waals surface area contributed by atoms with Gasteiger partial charge in [-0.25, -0.2) is 9.78 Å². The van der Waals surface area contributed by atoms with E-state index in [1.165, 1.54) is 11.1 Å². The zero-order valence-corrected chi connectivity index (χ0v) is 24.8. The molecule has 0 amide bonds. The number of allylic oxidation sites excluding steroid dienone is 2. The van der Waals surface area contributed by atoms with Gasteiger partial charge in [-0.3, -0.25) is 12.9 Å². The summed E-state index contributed by atoms with van der Waals surface area (Å²) in [5, 5.41) is 0. The molecular formula is C32H48BF3O4. The van der Waals surface area contributed by atoms with E-state index in [0.29, 0.717) is 25.2 Å². The van der Waals surface area contributed by atoms with E-state index >= 15 is 0 Å². The topological polar surface area (TPSA) is 44.8 Å². The van der Waals surface area contributed by atoms with E-state index in [9.17, 15) is 17.7 Å². The minimum Gasteiger partial charge on any atom is -0.373 e. The number of aldehydes is 1. The summed E-state index contributed by atoms with van der Waals surface area (Å²) >= 11 is 0. The van der Waals surface area contributed by atoms with E-state index in [1.54, 1.807) is 6.08 Å². The molecule has 8 heteroatoms. The number of carbonyl (C=O) groups excluding carboxylic acids is 1. The van der Waals surface area contributed by atoms with E-state index in [4.69, 9.17) is 4.74 Å². The SMILES string of the molecule is C=CC(=C)C.CC(C=O)c1ccccc1.CC1=CCOC(C(C)c2ccccc2)C1.CCOOCC.FB(F)F.[2HH]. The van der Waals surface area contributed by atoms with Gasteiger partial charge < -0.3 is 9.53 Å². The molecule has 0 radical (unpaired) electrons. The highest BCUT2D eigenvalue weighted by Gasteiger charge is 2.21. The van der Waals surface area contributed by atoms with E-state index in [0.717, 1.165) is 30.5 Å². The maximum atomic E-state index is 10.3. The quantitative estimate of drug-likeness (QED) is 0.0609. The molecule has 1 heterocycles. The molecular weight excluding hydrogens is 516 g/mol. The summed E-state index contributed by atoms with van der Waals surface area (Å²) in [7, 11) is -3.67. The van der Waals surface area contributed by atoms with Crippen molar-refractivity contribution in [1.82, 2.24) is 0 Å². The standard InChI is InChI=1S/C14H18O.C9H10O.C5H8.C4H10O2.BF3.H2/c1-11-8-9-15-14(10-11)12(2)13-6-4-3-5-7-13;1-8(7-10)9-5-3-2-4-6-9;1-4-5(2)3;1-3-5-6-4-2;2-1(3)4;/h3-8,12,14H,9-10H2,1-2H3;2-8H,1H3;4H,1-2H2,3H3;3-4H2,1-2H3;;1H/i;;;;;1+1. The molecule has 0 aliphatic carbocycles. The van der Waals surface area contributed by atoms with E-state index in [2.05, 4.69) is 73.2 Å². The lowest BCUT2D eigenvalue weighted by Crippen LogP contribution is -2.24. The van der Waals surface area contributed by atoms with Crippen LogP contribution in [0.25, 0.3) is 0 Å². The molecule has 0 aromatic heterocycles. The molecule has 224 valence electrons. The Kier molecular flexibility index (Phi) is 25.8. The van der Waals surface area contributed by atoms with Crippen molar-refractivity contribution in [3.63, 3.8) is 0 Å². The highest BCUT2D eigenvalue weighted by molar-refractivity contribution is 6.33. The van der Waals surface area contributed by atoms with Gasteiger partial charge in [0.1, 0.15) is 6.29 Å². The van der Waals surface area contributed by atoms with Crippen LogP contribution in [0.5, 0.6) is 0 Å². The first kappa shape index (κ1) is 39.2. The van der Waals surface area contributed by atoms with Gasteiger partial charge >= 0.3 is 7.54 Å². The van der Waals surface area contributed by atoms with Gasteiger partial charge in [0.2, 0.25) is 0 Å². The third-order valence-electron chi connectivity index (χ3n) is 5.35. The molecule has 0 bridgehead atoms. The van der Waals surface area contributed by atoms with Gasteiger partial charge in [-0.05, 0) is 45.2 Å². The van der Waals surface area contributed by atoms with Gasteiger partial charge in [-0.2, -0.15) is 0 Å². The predicted molar refractivity (Wildman–Crippen MR) is 163 cm³/mol. The van der Waals surface area contributed by atoms with Gasteiger partial charge in [0.25, 0.3) is 0 Å². The summed E-state index contributed by atoms with van der Waals surface area (Å²) in [5.74, 6) is 0.510. The Morgan fingerprint density at radius 1 is 1.02 bits per heavy atom. The van der Waals surface area contributed by atoms with Crippen molar-refractivity contribution in [3.8, 4) is 0 Å². The van der Waals surface area contributed by atoms with Crippen LogP contribution in [-0.4, -0.2) is 39.8 Å². The zero-order valence-electron chi connectivity index (χ0n) is 24.8. The average molecular weight is 566 g/mol. The van der Waals surface area contributed by atoms with Crippen LogP contribution >= 0.6 is 0 Å². The van der Waals surface area contributed by atoms with Crippen LogP contribution < -0.4 is 0 Å². The molecule has 1 aliphatic rings. The van der Waals surface area contributed by atoms with Crippen molar-refractivity contribution >= 4 is 13.8 Å². The Balaban J connectivity index is -0.000000484. The first-order valence-electron chi connectivity index (χ1n) is 13.3. The first-order valence-corrected chi connectivity index (χ1v) is 13.3. The van der Waals surface area contributed by atoms with Crippen LogP contribution in [0.15, 0.2) is 97.1 Å².